The minimum atomic E-state index is -0.677. The van der Waals surface area contributed by atoms with Crippen LogP contribution in [-0.4, -0.2) is 58.2 Å². The average Bonchev–Trinajstić information content (AvgIpc) is 3.48. The smallest absolute Gasteiger partial charge is 0.267 e. The molecule has 4 rings (SSSR count). The summed E-state index contributed by atoms with van der Waals surface area (Å²) in [5.41, 5.74) is -0.136. The SMILES string of the molecule is C=CCN(C)C(=O)C[C@@H]1c2nc(NC(=O)c3cccs3)sc2C[C@@H]2[C@](C)(CO)[C@H](O)CC[C@]21C. The van der Waals surface area contributed by atoms with Crippen LogP contribution in [0.15, 0.2) is 30.2 Å². The van der Waals surface area contributed by atoms with Gasteiger partial charge in [-0.3, -0.25) is 14.9 Å². The van der Waals surface area contributed by atoms with Crippen molar-refractivity contribution in [3.05, 3.63) is 45.6 Å². The van der Waals surface area contributed by atoms with Crippen molar-refractivity contribution >= 4 is 39.6 Å². The molecular weight excluding hydrogens is 470 g/mol. The largest absolute Gasteiger partial charge is 0.396 e. The van der Waals surface area contributed by atoms with Gasteiger partial charge < -0.3 is 15.1 Å². The summed E-state index contributed by atoms with van der Waals surface area (Å²) < 4.78 is 0. The fraction of sp³-hybridized carbons (Fsp3) is 0.560. The molecule has 9 heteroatoms. The average molecular weight is 504 g/mol. The third-order valence-electron chi connectivity index (χ3n) is 8.07. The Labute approximate surface area is 208 Å². The van der Waals surface area contributed by atoms with Crippen molar-refractivity contribution in [3.8, 4) is 0 Å². The Bertz CT molecular complexity index is 1070. The maximum Gasteiger partial charge on any atom is 0.267 e. The third kappa shape index (κ3) is 4.23. The maximum atomic E-state index is 13.1. The van der Waals surface area contributed by atoms with E-state index < -0.39 is 11.5 Å². The van der Waals surface area contributed by atoms with Crippen LogP contribution in [0.2, 0.25) is 0 Å². The van der Waals surface area contributed by atoms with Gasteiger partial charge in [0.2, 0.25) is 5.91 Å². The Morgan fingerprint density at radius 1 is 1.41 bits per heavy atom. The van der Waals surface area contributed by atoms with Gasteiger partial charge in [-0.15, -0.1) is 29.3 Å². The molecule has 2 aliphatic carbocycles. The Morgan fingerprint density at radius 3 is 2.82 bits per heavy atom. The zero-order valence-corrected chi connectivity index (χ0v) is 21.5. The second-order valence-corrected chi connectivity index (χ2v) is 12.1. The van der Waals surface area contributed by atoms with Crippen molar-refractivity contribution in [2.75, 3.05) is 25.5 Å². The van der Waals surface area contributed by atoms with Crippen LogP contribution in [0.4, 0.5) is 5.13 Å². The first-order chi connectivity index (χ1) is 16.1. The lowest BCUT2D eigenvalue weighted by Crippen LogP contribution is -2.57. The van der Waals surface area contributed by atoms with E-state index in [0.29, 0.717) is 29.4 Å². The van der Waals surface area contributed by atoms with Gasteiger partial charge in [0.25, 0.3) is 5.91 Å². The van der Waals surface area contributed by atoms with Gasteiger partial charge in [0.15, 0.2) is 5.13 Å². The fourth-order valence-electron chi connectivity index (χ4n) is 5.89. The summed E-state index contributed by atoms with van der Waals surface area (Å²) >= 11 is 2.81. The first kappa shape index (κ1) is 25.0. The van der Waals surface area contributed by atoms with Gasteiger partial charge >= 0.3 is 0 Å². The number of carbonyl (C=O) groups excluding carboxylic acids is 2. The molecule has 2 aliphatic rings. The number of thiophene rings is 1. The van der Waals surface area contributed by atoms with E-state index in [1.165, 1.54) is 22.7 Å². The molecule has 5 atom stereocenters. The number of aliphatic hydroxyl groups is 2. The van der Waals surface area contributed by atoms with Crippen LogP contribution in [-0.2, 0) is 11.2 Å². The molecular formula is C25H33N3O4S2. The zero-order chi connectivity index (χ0) is 24.7. The monoisotopic (exact) mass is 503 g/mol. The summed E-state index contributed by atoms with van der Waals surface area (Å²) in [7, 11) is 1.77. The minimum absolute atomic E-state index is 0.00622. The van der Waals surface area contributed by atoms with E-state index in [4.69, 9.17) is 4.98 Å². The Hall–Kier alpha value is -2.07. The molecule has 0 spiro atoms. The molecule has 0 saturated heterocycles. The highest BCUT2D eigenvalue weighted by Gasteiger charge is 2.59. The lowest BCUT2D eigenvalue weighted by atomic mass is 9.47. The molecule has 3 N–H and O–H groups in total. The molecule has 2 aromatic rings. The number of thiazole rings is 1. The molecule has 2 amide bonds. The molecule has 2 aromatic heterocycles. The second kappa shape index (κ2) is 9.53. The minimum Gasteiger partial charge on any atom is -0.396 e. The molecule has 0 aromatic carbocycles. The van der Waals surface area contributed by atoms with Gasteiger partial charge in [0.1, 0.15) is 0 Å². The second-order valence-electron chi connectivity index (χ2n) is 10.1. The van der Waals surface area contributed by atoms with Crippen LogP contribution >= 0.6 is 22.7 Å². The van der Waals surface area contributed by atoms with Crippen molar-refractivity contribution in [3.63, 3.8) is 0 Å². The van der Waals surface area contributed by atoms with Crippen molar-refractivity contribution in [1.82, 2.24) is 9.88 Å². The lowest BCUT2D eigenvalue weighted by Gasteiger charge is -2.58. The predicted molar refractivity (Wildman–Crippen MR) is 135 cm³/mol. The number of likely N-dealkylation sites (N-methyl/N-ethyl adjacent to an activating group) is 1. The number of aromatic nitrogens is 1. The van der Waals surface area contributed by atoms with Crippen LogP contribution in [0.5, 0.6) is 0 Å². The molecule has 184 valence electrons. The van der Waals surface area contributed by atoms with Gasteiger partial charge in [-0.2, -0.15) is 0 Å². The Kier molecular flexibility index (Phi) is 7.01. The topological polar surface area (TPSA) is 103 Å². The van der Waals surface area contributed by atoms with Crippen molar-refractivity contribution in [2.45, 2.75) is 51.6 Å². The van der Waals surface area contributed by atoms with Gasteiger partial charge in [0.05, 0.1) is 23.3 Å². The highest BCUT2D eigenvalue weighted by Crippen LogP contribution is 2.62. The molecule has 0 bridgehead atoms. The highest BCUT2D eigenvalue weighted by atomic mass is 32.1. The number of carbonyl (C=O) groups is 2. The third-order valence-corrected chi connectivity index (χ3v) is 9.94. The molecule has 0 aliphatic heterocycles. The van der Waals surface area contributed by atoms with Crippen molar-refractivity contribution in [2.24, 2.45) is 16.7 Å². The van der Waals surface area contributed by atoms with E-state index in [2.05, 4.69) is 18.8 Å². The number of anilines is 1. The van der Waals surface area contributed by atoms with Crippen LogP contribution in [0.1, 0.15) is 59.3 Å². The lowest BCUT2D eigenvalue weighted by molar-refractivity contribution is -0.146. The van der Waals surface area contributed by atoms with Gasteiger partial charge in [0, 0.05) is 36.2 Å². The first-order valence-corrected chi connectivity index (χ1v) is 13.3. The number of fused-ring (bicyclic) bond motifs is 2. The number of hydrogen-bond donors (Lipinski definition) is 3. The Morgan fingerprint density at radius 2 is 2.18 bits per heavy atom. The van der Waals surface area contributed by atoms with E-state index in [1.54, 1.807) is 24.1 Å². The van der Waals surface area contributed by atoms with E-state index in [-0.39, 0.29) is 42.1 Å². The summed E-state index contributed by atoms with van der Waals surface area (Å²) in [5, 5.41) is 26.5. The fourth-order valence-corrected chi connectivity index (χ4v) is 7.57. The predicted octanol–water partition coefficient (Wildman–Crippen LogP) is 3.91. The molecule has 1 saturated carbocycles. The standard InChI is InChI=1S/C25H33N3O4S2/c1-5-10-28(4)20(31)12-15-21-17(34-23(26-21)27-22(32)16-7-6-11-33-16)13-18-24(15,2)9-8-19(30)25(18,3)14-29/h5-7,11,15,18-19,29-30H,1,8-10,12-14H2,2-4H3,(H,26,27,32)/t15-,18+,19-,24+,25+/m1/s1. The number of amides is 2. The van der Waals surface area contributed by atoms with E-state index >= 15 is 0 Å². The van der Waals surface area contributed by atoms with Crippen LogP contribution < -0.4 is 5.32 Å². The summed E-state index contributed by atoms with van der Waals surface area (Å²) in [6.07, 6.45) is 3.34. The summed E-state index contributed by atoms with van der Waals surface area (Å²) in [4.78, 5) is 33.9. The summed E-state index contributed by atoms with van der Waals surface area (Å²) in [6, 6.07) is 3.61. The number of nitrogens with zero attached hydrogens (tertiary/aromatic N) is 2. The number of nitrogens with one attached hydrogen (secondary N) is 1. The molecule has 1 fully saturated rings. The summed E-state index contributed by atoms with van der Waals surface area (Å²) in [5.74, 6) is -0.390. The zero-order valence-electron chi connectivity index (χ0n) is 19.9. The van der Waals surface area contributed by atoms with Crippen molar-refractivity contribution < 1.29 is 19.8 Å². The van der Waals surface area contributed by atoms with Gasteiger partial charge in [-0.1, -0.05) is 26.0 Å². The number of hydrogen-bond acceptors (Lipinski definition) is 7. The van der Waals surface area contributed by atoms with E-state index in [9.17, 15) is 19.8 Å². The van der Waals surface area contributed by atoms with Crippen molar-refractivity contribution in [1.29, 1.82) is 0 Å². The quantitative estimate of drug-likeness (QED) is 0.497. The Balaban J connectivity index is 1.73. The van der Waals surface area contributed by atoms with E-state index in [1.807, 2.05) is 18.4 Å². The number of rotatable bonds is 7. The molecule has 0 radical (unpaired) electrons. The molecule has 34 heavy (non-hydrogen) atoms. The van der Waals surface area contributed by atoms with Gasteiger partial charge in [-0.05, 0) is 42.0 Å². The highest BCUT2D eigenvalue weighted by molar-refractivity contribution is 7.16. The van der Waals surface area contributed by atoms with Gasteiger partial charge in [-0.25, -0.2) is 4.98 Å². The molecule has 2 heterocycles. The van der Waals surface area contributed by atoms with Crippen LogP contribution in [0.3, 0.4) is 0 Å². The normalized spacial score (nSPS) is 30.2. The maximum absolute atomic E-state index is 13.1. The summed E-state index contributed by atoms with van der Waals surface area (Å²) in [6.45, 7) is 8.20. The van der Waals surface area contributed by atoms with Crippen LogP contribution in [0.25, 0.3) is 0 Å². The van der Waals surface area contributed by atoms with Crippen LogP contribution in [0, 0.1) is 16.7 Å². The first-order valence-electron chi connectivity index (χ1n) is 11.6. The van der Waals surface area contributed by atoms with E-state index in [0.717, 1.165) is 17.0 Å². The molecule has 7 nitrogen and oxygen atoms in total. The molecule has 0 unspecified atom stereocenters. The number of aliphatic hydroxyl groups excluding tert-OH is 2.